The Labute approximate surface area is 111 Å². The maximum atomic E-state index is 12.5. The first-order valence-electron chi connectivity index (χ1n) is 7.01. The molecule has 2 saturated heterocycles. The first kappa shape index (κ1) is 14.3. The number of sulfonamides is 1. The van der Waals surface area contributed by atoms with Crippen molar-refractivity contribution in [1.29, 1.82) is 0 Å². The highest BCUT2D eigenvalue weighted by Crippen LogP contribution is 2.35. The van der Waals surface area contributed by atoms with E-state index in [1.165, 1.54) is 0 Å². The summed E-state index contributed by atoms with van der Waals surface area (Å²) in [5, 5.41) is 3.00. The fraction of sp³-hybridized carbons (Fsp3) is 1.00. The number of hydrogen-bond donors (Lipinski definition) is 1. The van der Waals surface area contributed by atoms with Gasteiger partial charge in [0.1, 0.15) is 0 Å². The van der Waals surface area contributed by atoms with E-state index >= 15 is 0 Å². The molecule has 0 bridgehead atoms. The van der Waals surface area contributed by atoms with E-state index in [4.69, 9.17) is 0 Å². The molecule has 0 aromatic rings. The van der Waals surface area contributed by atoms with Crippen LogP contribution >= 0.6 is 0 Å². The van der Waals surface area contributed by atoms with Crippen molar-refractivity contribution in [2.75, 3.05) is 26.2 Å². The Kier molecular flexibility index (Phi) is 4.04. The van der Waals surface area contributed by atoms with E-state index in [0.717, 1.165) is 25.8 Å². The van der Waals surface area contributed by atoms with Crippen LogP contribution in [-0.2, 0) is 10.0 Å². The highest BCUT2D eigenvalue weighted by Gasteiger charge is 2.40. The van der Waals surface area contributed by atoms with Crippen molar-refractivity contribution in [2.24, 2.45) is 11.3 Å². The summed E-state index contributed by atoms with van der Waals surface area (Å²) in [5.41, 5.74) is 0.203. The van der Waals surface area contributed by atoms with Gasteiger partial charge in [-0.2, -0.15) is 0 Å². The first-order valence-corrected chi connectivity index (χ1v) is 8.52. The summed E-state index contributed by atoms with van der Waals surface area (Å²) in [6, 6.07) is 0. The average Bonchev–Trinajstić information content (AvgIpc) is 2.79. The van der Waals surface area contributed by atoms with Crippen LogP contribution in [0.25, 0.3) is 0 Å². The van der Waals surface area contributed by atoms with E-state index < -0.39 is 10.0 Å². The standard InChI is InChI=1S/C13H26N2O2S/c1-13(2,3)11-6-8-15(10-11)18(16,17)12-5-4-7-14-9-12/h11-12,14H,4-10H2,1-3H3. The third kappa shape index (κ3) is 2.89. The fourth-order valence-corrected chi connectivity index (χ4v) is 4.91. The van der Waals surface area contributed by atoms with Crippen LogP contribution in [0.4, 0.5) is 0 Å². The van der Waals surface area contributed by atoms with Crippen molar-refractivity contribution in [2.45, 2.75) is 45.3 Å². The topological polar surface area (TPSA) is 49.4 Å². The van der Waals surface area contributed by atoms with Gasteiger partial charge in [-0.05, 0) is 37.1 Å². The normalized spacial score (nSPS) is 31.7. The minimum absolute atomic E-state index is 0.203. The Morgan fingerprint density at radius 1 is 1.22 bits per heavy atom. The second-order valence-corrected chi connectivity index (χ2v) is 8.94. The molecule has 0 spiro atoms. The van der Waals surface area contributed by atoms with Gasteiger partial charge in [-0.25, -0.2) is 12.7 Å². The summed E-state index contributed by atoms with van der Waals surface area (Å²) >= 11 is 0. The highest BCUT2D eigenvalue weighted by molar-refractivity contribution is 7.89. The van der Waals surface area contributed by atoms with Gasteiger partial charge >= 0.3 is 0 Å². The number of piperidine rings is 1. The van der Waals surface area contributed by atoms with Crippen LogP contribution in [0, 0.1) is 11.3 Å². The zero-order valence-electron chi connectivity index (χ0n) is 11.8. The van der Waals surface area contributed by atoms with Gasteiger partial charge in [0.25, 0.3) is 0 Å². The van der Waals surface area contributed by atoms with E-state index in [2.05, 4.69) is 26.1 Å². The van der Waals surface area contributed by atoms with Crippen LogP contribution in [0.5, 0.6) is 0 Å². The Morgan fingerprint density at radius 3 is 2.44 bits per heavy atom. The maximum absolute atomic E-state index is 12.5. The van der Waals surface area contributed by atoms with Gasteiger partial charge in [0.05, 0.1) is 5.25 Å². The summed E-state index contributed by atoms with van der Waals surface area (Å²) in [7, 11) is -3.08. The predicted molar refractivity (Wildman–Crippen MR) is 73.9 cm³/mol. The molecule has 4 nitrogen and oxygen atoms in total. The monoisotopic (exact) mass is 274 g/mol. The van der Waals surface area contributed by atoms with Gasteiger partial charge in [0.15, 0.2) is 0 Å². The molecule has 2 fully saturated rings. The van der Waals surface area contributed by atoms with Crippen LogP contribution in [0.2, 0.25) is 0 Å². The molecule has 5 heteroatoms. The van der Waals surface area contributed by atoms with E-state index in [9.17, 15) is 8.42 Å². The van der Waals surface area contributed by atoms with Crippen molar-refractivity contribution in [3.05, 3.63) is 0 Å². The molecule has 2 unspecified atom stereocenters. The van der Waals surface area contributed by atoms with E-state index in [1.54, 1.807) is 4.31 Å². The quantitative estimate of drug-likeness (QED) is 0.829. The summed E-state index contributed by atoms with van der Waals surface area (Å²) < 4.78 is 26.8. The summed E-state index contributed by atoms with van der Waals surface area (Å²) in [5.74, 6) is 0.490. The van der Waals surface area contributed by atoms with Crippen LogP contribution < -0.4 is 5.32 Å². The van der Waals surface area contributed by atoms with Gasteiger partial charge in [0.2, 0.25) is 10.0 Å². The minimum Gasteiger partial charge on any atom is -0.315 e. The lowest BCUT2D eigenvalue weighted by molar-refractivity contribution is 0.251. The number of hydrogen-bond acceptors (Lipinski definition) is 3. The first-order chi connectivity index (χ1) is 8.32. The van der Waals surface area contributed by atoms with Crippen LogP contribution in [0.15, 0.2) is 0 Å². The van der Waals surface area contributed by atoms with Crippen molar-refractivity contribution in [1.82, 2.24) is 9.62 Å². The molecule has 0 amide bonds. The average molecular weight is 274 g/mol. The zero-order chi connectivity index (χ0) is 13.4. The second-order valence-electron chi connectivity index (χ2n) is 6.72. The Morgan fingerprint density at radius 2 is 1.94 bits per heavy atom. The van der Waals surface area contributed by atoms with Gasteiger partial charge < -0.3 is 5.32 Å². The Bertz CT molecular complexity index is 380. The Balaban J connectivity index is 2.03. The molecule has 1 N–H and O–H groups in total. The Hall–Kier alpha value is -0.130. The smallest absolute Gasteiger partial charge is 0.218 e. The van der Waals surface area contributed by atoms with Gasteiger partial charge in [-0.1, -0.05) is 20.8 Å². The van der Waals surface area contributed by atoms with Crippen molar-refractivity contribution < 1.29 is 8.42 Å². The number of nitrogens with one attached hydrogen (secondary N) is 1. The SMILES string of the molecule is CC(C)(C)C1CCN(S(=O)(=O)C2CCCNC2)C1. The van der Waals surface area contributed by atoms with Gasteiger partial charge in [-0.15, -0.1) is 0 Å². The van der Waals surface area contributed by atoms with Gasteiger partial charge in [0, 0.05) is 19.6 Å². The largest absolute Gasteiger partial charge is 0.315 e. The zero-order valence-corrected chi connectivity index (χ0v) is 12.6. The number of rotatable bonds is 2. The van der Waals surface area contributed by atoms with E-state index in [-0.39, 0.29) is 10.7 Å². The highest BCUT2D eigenvalue weighted by atomic mass is 32.2. The lowest BCUT2D eigenvalue weighted by Gasteiger charge is -2.29. The van der Waals surface area contributed by atoms with Crippen molar-refractivity contribution in [3.63, 3.8) is 0 Å². The second kappa shape index (κ2) is 5.10. The molecular formula is C13H26N2O2S. The van der Waals surface area contributed by atoms with Gasteiger partial charge in [-0.3, -0.25) is 0 Å². The van der Waals surface area contributed by atoms with Crippen molar-refractivity contribution in [3.8, 4) is 0 Å². The predicted octanol–water partition coefficient (Wildman–Crippen LogP) is 1.44. The molecule has 2 aliphatic rings. The third-order valence-corrected chi connectivity index (χ3v) is 6.70. The minimum atomic E-state index is -3.08. The van der Waals surface area contributed by atoms with E-state index in [1.807, 2.05) is 0 Å². The molecule has 2 rings (SSSR count). The molecule has 0 aliphatic carbocycles. The fourth-order valence-electron chi connectivity index (χ4n) is 2.95. The van der Waals surface area contributed by atoms with Crippen LogP contribution in [0.3, 0.4) is 0 Å². The molecule has 2 aliphatic heterocycles. The molecule has 0 saturated carbocycles. The molecule has 0 aromatic carbocycles. The molecular weight excluding hydrogens is 248 g/mol. The lowest BCUT2D eigenvalue weighted by Crippen LogP contribution is -2.45. The number of nitrogens with zero attached hydrogens (tertiary/aromatic N) is 1. The summed E-state index contributed by atoms with van der Waals surface area (Å²) in [6.45, 7) is 9.61. The molecule has 2 heterocycles. The molecule has 0 aromatic heterocycles. The molecule has 0 radical (unpaired) electrons. The van der Waals surface area contributed by atoms with Crippen LogP contribution in [0.1, 0.15) is 40.0 Å². The lowest BCUT2D eigenvalue weighted by atomic mass is 9.80. The third-order valence-electron chi connectivity index (χ3n) is 4.41. The summed E-state index contributed by atoms with van der Waals surface area (Å²) in [4.78, 5) is 0. The van der Waals surface area contributed by atoms with E-state index in [0.29, 0.717) is 25.6 Å². The molecule has 106 valence electrons. The molecule has 2 atom stereocenters. The molecule has 18 heavy (non-hydrogen) atoms. The summed E-state index contributed by atoms with van der Waals surface area (Å²) in [6.07, 6.45) is 2.79. The maximum Gasteiger partial charge on any atom is 0.218 e. The van der Waals surface area contributed by atoms with Crippen LogP contribution in [-0.4, -0.2) is 44.2 Å². The van der Waals surface area contributed by atoms with Crippen molar-refractivity contribution >= 4 is 10.0 Å².